The highest BCUT2D eigenvalue weighted by atomic mass is 19.3. The maximum Gasteiger partial charge on any atom is 0.283 e. The molecule has 0 saturated heterocycles. The van der Waals surface area contributed by atoms with Gasteiger partial charge in [0.05, 0.1) is 5.69 Å². The van der Waals surface area contributed by atoms with Crippen LogP contribution in [-0.4, -0.2) is 4.98 Å². The summed E-state index contributed by atoms with van der Waals surface area (Å²) in [6, 6.07) is 0.987. The zero-order chi connectivity index (χ0) is 9.30. The zero-order valence-corrected chi connectivity index (χ0v) is 5.89. The van der Waals surface area contributed by atoms with Crippen molar-refractivity contribution in [3.8, 4) is 0 Å². The van der Waals surface area contributed by atoms with Gasteiger partial charge in [0.25, 0.3) is 6.43 Å². The van der Waals surface area contributed by atoms with Crippen LogP contribution < -0.4 is 11.5 Å². The summed E-state index contributed by atoms with van der Waals surface area (Å²) >= 11 is 0. The molecule has 1 aromatic rings. The first-order chi connectivity index (χ1) is 5.52. The van der Waals surface area contributed by atoms with Gasteiger partial charge in [0.2, 0.25) is 0 Å². The van der Waals surface area contributed by atoms with E-state index in [9.17, 15) is 13.2 Å². The lowest BCUT2D eigenvalue weighted by atomic mass is 10.3. The quantitative estimate of drug-likeness (QED) is 0.679. The number of alkyl halides is 2. The van der Waals surface area contributed by atoms with Crippen LogP contribution in [0.4, 0.5) is 24.7 Å². The molecule has 3 nitrogen and oxygen atoms in total. The fourth-order valence-electron chi connectivity index (χ4n) is 0.736. The summed E-state index contributed by atoms with van der Waals surface area (Å²) in [6.45, 7) is 0. The summed E-state index contributed by atoms with van der Waals surface area (Å²) in [4.78, 5) is 3.11. The molecule has 0 radical (unpaired) electrons. The molecule has 6 heteroatoms. The van der Waals surface area contributed by atoms with Crippen molar-refractivity contribution in [2.45, 2.75) is 6.43 Å². The predicted molar refractivity (Wildman–Crippen MR) is 38.0 cm³/mol. The molecule has 0 amide bonds. The Morgan fingerprint density at radius 2 is 1.92 bits per heavy atom. The molecule has 0 aliphatic heterocycles. The summed E-state index contributed by atoms with van der Waals surface area (Å²) in [7, 11) is 0. The Bertz CT molecular complexity index is 300. The van der Waals surface area contributed by atoms with Gasteiger partial charge in [-0.15, -0.1) is 0 Å². The van der Waals surface area contributed by atoms with Gasteiger partial charge in [0.1, 0.15) is 11.5 Å². The van der Waals surface area contributed by atoms with Gasteiger partial charge in [-0.1, -0.05) is 0 Å². The Labute approximate surface area is 66.2 Å². The van der Waals surface area contributed by atoms with E-state index in [-0.39, 0.29) is 5.82 Å². The molecule has 0 fully saturated rings. The van der Waals surface area contributed by atoms with Gasteiger partial charge >= 0.3 is 0 Å². The molecule has 0 aliphatic rings. The first kappa shape index (κ1) is 8.63. The first-order valence-electron chi connectivity index (χ1n) is 3.02. The molecule has 4 N–H and O–H groups in total. The average molecular weight is 177 g/mol. The SMILES string of the molecule is Nc1cc(N)c(F)c(C(F)F)n1. The van der Waals surface area contributed by atoms with E-state index < -0.39 is 23.6 Å². The minimum Gasteiger partial charge on any atom is -0.396 e. The average Bonchev–Trinajstić information content (AvgIpc) is 1.96. The van der Waals surface area contributed by atoms with E-state index in [1.165, 1.54) is 0 Å². The number of aromatic nitrogens is 1. The van der Waals surface area contributed by atoms with Crippen LogP contribution >= 0.6 is 0 Å². The second-order valence-corrected chi connectivity index (χ2v) is 2.14. The van der Waals surface area contributed by atoms with Crippen molar-refractivity contribution in [2.75, 3.05) is 11.5 Å². The van der Waals surface area contributed by atoms with Crippen molar-refractivity contribution in [3.63, 3.8) is 0 Å². The monoisotopic (exact) mass is 177 g/mol. The van der Waals surface area contributed by atoms with E-state index in [2.05, 4.69) is 4.98 Å². The van der Waals surface area contributed by atoms with Gasteiger partial charge in [-0.25, -0.2) is 18.2 Å². The number of hydrogen-bond donors (Lipinski definition) is 2. The molecule has 0 saturated carbocycles. The number of hydrogen-bond acceptors (Lipinski definition) is 3. The van der Waals surface area contributed by atoms with Crippen LogP contribution in [0.1, 0.15) is 12.1 Å². The predicted octanol–water partition coefficient (Wildman–Crippen LogP) is 1.32. The first-order valence-corrected chi connectivity index (χ1v) is 3.02. The molecular formula is C6H6F3N3. The van der Waals surface area contributed by atoms with Crippen LogP contribution in [0.15, 0.2) is 6.07 Å². The molecule has 0 bridgehead atoms. The van der Waals surface area contributed by atoms with E-state index in [0.29, 0.717) is 0 Å². The molecule has 0 unspecified atom stereocenters. The summed E-state index contributed by atoms with van der Waals surface area (Å²) in [5, 5.41) is 0. The Balaban J connectivity index is 3.28. The van der Waals surface area contributed by atoms with Crippen LogP contribution in [-0.2, 0) is 0 Å². The van der Waals surface area contributed by atoms with Crippen molar-refractivity contribution in [2.24, 2.45) is 0 Å². The van der Waals surface area contributed by atoms with Gasteiger partial charge in [-0.3, -0.25) is 0 Å². The van der Waals surface area contributed by atoms with E-state index in [1.54, 1.807) is 0 Å². The largest absolute Gasteiger partial charge is 0.396 e. The molecule has 1 rings (SSSR count). The summed E-state index contributed by atoms with van der Waals surface area (Å²) in [5.41, 5.74) is 8.68. The highest BCUT2D eigenvalue weighted by molar-refractivity contribution is 5.49. The summed E-state index contributed by atoms with van der Waals surface area (Å²) in [6.07, 6.45) is -3.00. The van der Waals surface area contributed by atoms with Crippen LogP contribution in [0.25, 0.3) is 0 Å². The van der Waals surface area contributed by atoms with E-state index >= 15 is 0 Å². The molecule has 66 valence electrons. The van der Waals surface area contributed by atoms with E-state index in [4.69, 9.17) is 11.5 Å². The van der Waals surface area contributed by atoms with E-state index in [1.807, 2.05) is 0 Å². The molecule has 0 aliphatic carbocycles. The number of nitrogens with zero attached hydrogens (tertiary/aromatic N) is 1. The normalized spacial score (nSPS) is 10.7. The topological polar surface area (TPSA) is 64.9 Å². The molecule has 0 aromatic carbocycles. The number of halogens is 3. The van der Waals surface area contributed by atoms with Crippen LogP contribution in [0.5, 0.6) is 0 Å². The number of anilines is 2. The zero-order valence-electron chi connectivity index (χ0n) is 5.89. The number of pyridine rings is 1. The second kappa shape index (κ2) is 2.88. The van der Waals surface area contributed by atoms with E-state index in [0.717, 1.165) is 6.07 Å². The minimum absolute atomic E-state index is 0.218. The van der Waals surface area contributed by atoms with Crippen molar-refractivity contribution in [3.05, 3.63) is 17.6 Å². The molecule has 0 spiro atoms. The Hall–Kier alpha value is -1.46. The van der Waals surface area contributed by atoms with Gasteiger partial charge < -0.3 is 11.5 Å². The van der Waals surface area contributed by atoms with Crippen molar-refractivity contribution in [1.29, 1.82) is 0 Å². The third-order valence-electron chi connectivity index (χ3n) is 1.24. The lowest BCUT2D eigenvalue weighted by Crippen LogP contribution is -2.04. The van der Waals surface area contributed by atoms with Crippen molar-refractivity contribution in [1.82, 2.24) is 4.98 Å². The maximum absolute atomic E-state index is 12.7. The van der Waals surface area contributed by atoms with Crippen LogP contribution in [0.2, 0.25) is 0 Å². The summed E-state index contributed by atoms with van der Waals surface area (Å²) < 4.78 is 36.7. The van der Waals surface area contributed by atoms with Gasteiger partial charge in [-0.05, 0) is 0 Å². The van der Waals surface area contributed by atoms with Gasteiger partial charge in [0, 0.05) is 6.07 Å². The lowest BCUT2D eigenvalue weighted by molar-refractivity contribution is 0.141. The van der Waals surface area contributed by atoms with Crippen LogP contribution in [0, 0.1) is 5.82 Å². The Morgan fingerprint density at radius 1 is 1.33 bits per heavy atom. The highest BCUT2D eigenvalue weighted by Gasteiger charge is 2.17. The molecular weight excluding hydrogens is 171 g/mol. The van der Waals surface area contributed by atoms with Crippen LogP contribution in [0.3, 0.4) is 0 Å². The lowest BCUT2D eigenvalue weighted by Gasteiger charge is -2.04. The number of nitrogen functional groups attached to an aromatic ring is 2. The van der Waals surface area contributed by atoms with Gasteiger partial charge in [0.15, 0.2) is 5.82 Å². The maximum atomic E-state index is 12.7. The Morgan fingerprint density at radius 3 is 2.42 bits per heavy atom. The van der Waals surface area contributed by atoms with Gasteiger partial charge in [-0.2, -0.15) is 0 Å². The molecule has 1 aromatic heterocycles. The molecule has 1 heterocycles. The molecule has 12 heavy (non-hydrogen) atoms. The standard InChI is InChI=1S/C6H6F3N3/c7-4-2(10)1-3(11)12-5(4)6(8)9/h1,6H,(H4,10,11,12). The highest BCUT2D eigenvalue weighted by Crippen LogP contribution is 2.24. The summed E-state index contributed by atoms with van der Waals surface area (Å²) in [5.74, 6) is -1.43. The second-order valence-electron chi connectivity index (χ2n) is 2.14. The Kier molecular flexibility index (Phi) is 2.07. The fraction of sp³-hybridized carbons (Fsp3) is 0.167. The minimum atomic E-state index is -3.00. The van der Waals surface area contributed by atoms with Crippen molar-refractivity contribution < 1.29 is 13.2 Å². The smallest absolute Gasteiger partial charge is 0.283 e. The fourth-order valence-corrected chi connectivity index (χ4v) is 0.736. The molecule has 0 atom stereocenters. The number of rotatable bonds is 1. The third kappa shape index (κ3) is 1.41. The van der Waals surface area contributed by atoms with Crippen molar-refractivity contribution >= 4 is 11.5 Å². The number of nitrogens with two attached hydrogens (primary N) is 2. The third-order valence-corrected chi connectivity index (χ3v) is 1.24.